The Kier molecular flexibility index (Phi) is 10.9. The van der Waals surface area contributed by atoms with Crippen molar-refractivity contribution in [2.24, 2.45) is 17.8 Å². The molecule has 0 aromatic heterocycles. The van der Waals surface area contributed by atoms with Crippen molar-refractivity contribution in [1.82, 2.24) is 0 Å². The minimum absolute atomic E-state index is 0.323. The summed E-state index contributed by atoms with van der Waals surface area (Å²) in [5.41, 5.74) is -4.73. The van der Waals surface area contributed by atoms with Crippen molar-refractivity contribution in [3.05, 3.63) is 0 Å². The van der Waals surface area contributed by atoms with Crippen LogP contribution in [0.3, 0.4) is 0 Å². The molecule has 0 amide bonds. The van der Waals surface area contributed by atoms with Crippen molar-refractivity contribution in [1.29, 1.82) is 0 Å². The van der Waals surface area contributed by atoms with Gasteiger partial charge in [0.2, 0.25) is 5.67 Å². The van der Waals surface area contributed by atoms with Gasteiger partial charge in [-0.05, 0) is 26.2 Å². The fraction of sp³-hybridized carbons (Fsp3) is 1.00. The molecule has 0 saturated carbocycles. The van der Waals surface area contributed by atoms with E-state index in [9.17, 15) is 74.6 Å². The Morgan fingerprint density at radius 2 is 0.889 bits per heavy atom. The van der Waals surface area contributed by atoms with Crippen LogP contribution < -0.4 is 0 Å². The van der Waals surface area contributed by atoms with Gasteiger partial charge in [-0.3, -0.25) is 0 Å². The second-order valence-corrected chi connectivity index (χ2v) is 8.94. The van der Waals surface area contributed by atoms with E-state index in [4.69, 9.17) is 0 Å². The fourth-order valence-corrected chi connectivity index (χ4v) is 3.61. The van der Waals surface area contributed by atoms with E-state index < -0.39 is 105 Å². The fourth-order valence-electron chi connectivity index (χ4n) is 3.61. The van der Waals surface area contributed by atoms with Gasteiger partial charge in [0.05, 0.1) is 30.6 Å². The molecular formula is C19H23F17. The molecule has 0 rings (SSSR count). The van der Waals surface area contributed by atoms with Crippen LogP contribution in [0.25, 0.3) is 0 Å². The minimum Gasteiger partial charge on any atom is -0.234 e. The normalized spacial score (nSPS) is 19.1. The van der Waals surface area contributed by atoms with E-state index in [-0.39, 0.29) is 6.42 Å². The molecule has 0 nitrogen and oxygen atoms in total. The number of hydrogen-bond acceptors (Lipinski definition) is 0. The maximum absolute atomic E-state index is 14.0. The lowest BCUT2D eigenvalue weighted by Gasteiger charge is -2.33. The molecule has 36 heavy (non-hydrogen) atoms. The van der Waals surface area contributed by atoms with Gasteiger partial charge in [-0.1, -0.05) is 13.3 Å². The lowest BCUT2D eigenvalue weighted by atomic mass is 9.81. The molecule has 0 aliphatic heterocycles. The molecular weight excluding hydrogens is 551 g/mol. The van der Waals surface area contributed by atoms with E-state index in [1.54, 1.807) is 0 Å². The number of rotatable bonds is 12. The lowest BCUT2D eigenvalue weighted by Crippen LogP contribution is -2.45. The van der Waals surface area contributed by atoms with Gasteiger partial charge in [0, 0.05) is 6.42 Å². The van der Waals surface area contributed by atoms with Gasteiger partial charge in [0.1, 0.15) is 0 Å². The lowest BCUT2D eigenvalue weighted by molar-refractivity contribution is -0.254. The molecule has 0 aromatic rings. The molecule has 0 aliphatic carbocycles. The molecule has 0 fully saturated rings. The first-order chi connectivity index (χ1) is 15.5. The highest BCUT2D eigenvalue weighted by molar-refractivity contribution is 4.92. The van der Waals surface area contributed by atoms with E-state index >= 15 is 0 Å². The van der Waals surface area contributed by atoms with Gasteiger partial charge in [0.15, 0.2) is 0 Å². The number of halogens is 17. The van der Waals surface area contributed by atoms with Crippen LogP contribution in [-0.2, 0) is 0 Å². The molecule has 0 radical (unpaired) electrons. The van der Waals surface area contributed by atoms with Crippen LogP contribution in [0, 0.1) is 17.8 Å². The van der Waals surface area contributed by atoms with E-state index in [0.29, 0.717) is 0 Å². The molecule has 0 bridgehead atoms. The Hall–Kier alpha value is -1.19. The van der Waals surface area contributed by atoms with Crippen LogP contribution in [0.4, 0.5) is 74.6 Å². The molecule has 218 valence electrons. The van der Waals surface area contributed by atoms with E-state index in [2.05, 4.69) is 0 Å². The second-order valence-electron chi connectivity index (χ2n) is 8.94. The van der Waals surface area contributed by atoms with Crippen LogP contribution in [0.5, 0.6) is 0 Å². The van der Waals surface area contributed by atoms with Gasteiger partial charge in [-0.25, -0.2) is 22.0 Å². The van der Waals surface area contributed by atoms with Crippen molar-refractivity contribution in [3.63, 3.8) is 0 Å². The summed E-state index contributed by atoms with van der Waals surface area (Å²) in [7, 11) is 0. The largest absolute Gasteiger partial charge is 0.422 e. The average Bonchev–Trinajstić information content (AvgIpc) is 2.53. The van der Waals surface area contributed by atoms with E-state index in [1.807, 2.05) is 0 Å². The monoisotopic (exact) mass is 574 g/mol. The highest BCUT2D eigenvalue weighted by Gasteiger charge is 2.60. The van der Waals surface area contributed by atoms with Crippen molar-refractivity contribution in [2.75, 3.05) is 0 Å². The number of hydrogen-bond donors (Lipinski definition) is 0. The summed E-state index contributed by atoms with van der Waals surface area (Å²) < 4.78 is 225. The zero-order valence-corrected chi connectivity index (χ0v) is 18.6. The Balaban J connectivity index is 5.91. The highest BCUT2D eigenvalue weighted by atomic mass is 19.4. The highest BCUT2D eigenvalue weighted by Crippen LogP contribution is 2.50. The molecule has 0 spiro atoms. The van der Waals surface area contributed by atoms with Crippen LogP contribution >= 0.6 is 0 Å². The average molecular weight is 574 g/mol. The Labute approximate surface area is 194 Å². The molecule has 4 unspecified atom stereocenters. The zero-order chi connectivity index (χ0) is 29.2. The third kappa shape index (κ3) is 11.5. The molecule has 0 heterocycles. The summed E-state index contributed by atoms with van der Waals surface area (Å²) in [5.74, 6) is -20.4. The SMILES string of the molecule is CCCC(CC(CC(CC(F)(F)CC(F)(F)CC(C)(F)C(F)(F)F)C(F)(F)F)C(F)(F)F)C(F)(F)F. The zero-order valence-electron chi connectivity index (χ0n) is 18.6. The Morgan fingerprint density at radius 1 is 0.500 bits per heavy atom. The first-order valence-electron chi connectivity index (χ1n) is 10.3. The predicted molar refractivity (Wildman–Crippen MR) is 92.1 cm³/mol. The third-order valence-corrected chi connectivity index (χ3v) is 5.41. The van der Waals surface area contributed by atoms with Crippen LogP contribution in [0.2, 0.25) is 0 Å². The maximum atomic E-state index is 14.0. The van der Waals surface area contributed by atoms with Gasteiger partial charge >= 0.3 is 24.7 Å². The van der Waals surface area contributed by atoms with E-state index in [0.717, 1.165) is 6.92 Å². The van der Waals surface area contributed by atoms with Crippen molar-refractivity contribution in [3.8, 4) is 0 Å². The Morgan fingerprint density at radius 3 is 1.22 bits per heavy atom. The van der Waals surface area contributed by atoms with Crippen LogP contribution in [0.15, 0.2) is 0 Å². The molecule has 0 aliphatic rings. The smallest absolute Gasteiger partial charge is 0.234 e. The standard InChI is InChI=1S/C19H23F17/c1-3-4-10(16(25,26)27)5-11(17(28,29)30)6-12(18(31,32)33)7-14(21,22)9-15(23,24)8-13(2,20)19(34,35)36/h10-12H,3-9H2,1-2H3. The summed E-state index contributed by atoms with van der Waals surface area (Å²) in [6.45, 7) is 0.709. The van der Waals surface area contributed by atoms with Crippen molar-refractivity contribution >= 4 is 0 Å². The quantitative estimate of drug-likeness (QED) is 0.204. The molecule has 0 saturated heterocycles. The molecule has 17 heteroatoms. The predicted octanol–water partition coefficient (Wildman–Crippen LogP) is 9.83. The third-order valence-electron chi connectivity index (χ3n) is 5.41. The first-order valence-corrected chi connectivity index (χ1v) is 10.3. The molecule has 4 atom stereocenters. The summed E-state index contributed by atoms with van der Waals surface area (Å²) in [6.07, 6.45) is -37.2. The molecule has 0 N–H and O–H groups in total. The summed E-state index contributed by atoms with van der Waals surface area (Å²) >= 11 is 0. The van der Waals surface area contributed by atoms with Crippen LogP contribution in [-0.4, -0.2) is 42.2 Å². The van der Waals surface area contributed by atoms with Crippen molar-refractivity contribution < 1.29 is 74.6 Å². The second kappa shape index (κ2) is 11.3. The first kappa shape index (κ1) is 34.8. The van der Waals surface area contributed by atoms with Gasteiger partial charge in [-0.15, -0.1) is 0 Å². The molecule has 0 aromatic carbocycles. The summed E-state index contributed by atoms with van der Waals surface area (Å²) in [4.78, 5) is 0. The number of alkyl halides is 17. The van der Waals surface area contributed by atoms with Crippen LogP contribution in [0.1, 0.15) is 58.8 Å². The topological polar surface area (TPSA) is 0 Å². The van der Waals surface area contributed by atoms with Gasteiger partial charge < -0.3 is 0 Å². The van der Waals surface area contributed by atoms with Crippen molar-refractivity contribution in [2.45, 2.75) is 101 Å². The summed E-state index contributed by atoms with van der Waals surface area (Å²) in [5, 5.41) is 0. The Bertz CT molecular complexity index is 665. The van der Waals surface area contributed by atoms with Gasteiger partial charge in [-0.2, -0.15) is 52.7 Å². The summed E-state index contributed by atoms with van der Waals surface area (Å²) in [6, 6.07) is 0. The maximum Gasteiger partial charge on any atom is 0.422 e. The van der Waals surface area contributed by atoms with Gasteiger partial charge in [0.25, 0.3) is 11.8 Å². The minimum atomic E-state index is -5.96. The van der Waals surface area contributed by atoms with E-state index in [1.165, 1.54) is 0 Å².